The van der Waals surface area contributed by atoms with Gasteiger partial charge in [0.05, 0.1) is 16.7 Å². The number of aromatic nitrogens is 2. The van der Waals surface area contributed by atoms with E-state index in [0.717, 1.165) is 5.52 Å². The van der Waals surface area contributed by atoms with Gasteiger partial charge in [-0.1, -0.05) is 0 Å². The summed E-state index contributed by atoms with van der Waals surface area (Å²) in [5.41, 5.74) is 8.91. The molecule has 0 aliphatic rings. The molecule has 2 aromatic carbocycles. The minimum Gasteiger partial charge on any atom is -0.399 e. The predicted molar refractivity (Wildman–Crippen MR) is 82.6 cm³/mol. The Morgan fingerprint density at radius 1 is 1.19 bits per heavy atom. The maximum absolute atomic E-state index is 12.1. The summed E-state index contributed by atoms with van der Waals surface area (Å²) in [5, 5.41) is 2.69. The fraction of sp³-hybridized carbons (Fsp3) is 0.0667. The van der Waals surface area contributed by atoms with Gasteiger partial charge in [0.1, 0.15) is 0 Å². The molecule has 0 fully saturated rings. The standard InChI is InChI=1S/C15H14N4O2/c1-9(20)17-11-3-5-12(6-4-11)19-14-7-2-10(16)8-13(14)18-15(19)21/h2-8H,16H2,1H3,(H,17,20)(H,18,21). The van der Waals surface area contributed by atoms with Crippen LogP contribution >= 0.6 is 0 Å². The molecule has 1 amide bonds. The first kappa shape index (κ1) is 13.0. The molecule has 0 spiro atoms. The van der Waals surface area contributed by atoms with Crippen LogP contribution in [0.15, 0.2) is 47.3 Å². The number of nitrogens with zero attached hydrogens (tertiary/aromatic N) is 1. The van der Waals surface area contributed by atoms with E-state index in [0.29, 0.717) is 22.6 Å². The maximum atomic E-state index is 12.1. The van der Waals surface area contributed by atoms with Crippen molar-refractivity contribution in [3.8, 4) is 5.69 Å². The van der Waals surface area contributed by atoms with Gasteiger partial charge in [0.25, 0.3) is 0 Å². The molecule has 0 atom stereocenters. The monoisotopic (exact) mass is 282 g/mol. The summed E-state index contributed by atoms with van der Waals surface area (Å²) in [6, 6.07) is 12.3. The van der Waals surface area contributed by atoms with Crippen molar-refractivity contribution >= 4 is 28.3 Å². The molecule has 0 saturated carbocycles. The van der Waals surface area contributed by atoms with E-state index < -0.39 is 0 Å². The molecule has 0 aliphatic carbocycles. The first-order valence-corrected chi connectivity index (χ1v) is 6.43. The van der Waals surface area contributed by atoms with Gasteiger partial charge in [-0.3, -0.25) is 9.36 Å². The molecular formula is C15H14N4O2. The minimum atomic E-state index is -0.233. The van der Waals surface area contributed by atoms with E-state index in [9.17, 15) is 9.59 Å². The Labute approximate surface area is 120 Å². The number of aromatic amines is 1. The highest BCUT2D eigenvalue weighted by atomic mass is 16.1. The first-order valence-electron chi connectivity index (χ1n) is 6.43. The third kappa shape index (κ3) is 2.38. The predicted octanol–water partition coefficient (Wildman–Crippen LogP) is 1.86. The fourth-order valence-electron chi connectivity index (χ4n) is 2.28. The summed E-state index contributed by atoms with van der Waals surface area (Å²) >= 11 is 0. The molecule has 3 aromatic rings. The van der Waals surface area contributed by atoms with Crippen LogP contribution in [0.2, 0.25) is 0 Å². The lowest BCUT2D eigenvalue weighted by atomic mass is 10.2. The minimum absolute atomic E-state index is 0.137. The van der Waals surface area contributed by atoms with Crippen LogP contribution in [0, 0.1) is 0 Å². The van der Waals surface area contributed by atoms with Gasteiger partial charge < -0.3 is 16.0 Å². The van der Waals surface area contributed by atoms with Crippen LogP contribution in [0.4, 0.5) is 11.4 Å². The second kappa shape index (κ2) is 4.82. The molecule has 0 unspecified atom stereocenters. The Hall–Kier alpha value is -3.02. The molecular weight excluding hydrogens is 268 g/mol. The Morgan fingerprint density at radius 2 is 1.90 bits per heavy atom. The molecule has 1 aromatic heterocycles. The summed E-state index contributed by atoms with van der Waals surface area (Å²) in [5.74, 6) is -0.137. The number of carbonyl (C=O) groups excluding carboxylic acids is 1. The number of fused-ring (bicyclic) bond motifs is 1. The van der Waals surface area contributed by atoms with Crippen molar-refractivity contribution in [2.75, 3.05) is 11.1 Å². The van der Waals surface area contributed by atoms with E-state index in [1.54, 1.807) is 47.0 Å². The van der Waals surface area contributed by atoms with Crippen LogP contribution in [0.1, 0.15) is 6.92 Å². The zero-order valence-electron chi connectivity index (χ0n) is 11.4. The number of imidazole rings is 1. The number of benzene rings is 2. The molecule has 0 aliphatic heterocycles. The highest BCUT2D eigenvalue weighted by Crippen LogP contribution is 2.19. The summed E-state index contributed by atoms with van der Waals surface area (Å²) in [6.07, 6.45) is 0. The Balaban J connectivity index is 2.10. The molecule has 106 valence electrons. The molecule has 21 heavy (non-hydrogen) atoms. The molecule has 0 saturated heterocycles. The van der Waals surface area contributed by atoms with E-state index >= 15 is 0 Å². The van der Waals surface area contributed by atoms with Gasteiger partial charge in [-0.2, -0.15) is 0 Å². The van der Waals surface area contributed by atoms with E-state index in [4.69, 9.17) is 5.73 Å². The van der Waals surface area contributed by atoms with E-state index in [2.05, 4.69) is 10.3 Å². The number of H-pyrrole nitrogens is 1. The summed E-state index contributed by atoms with van der Waals surface area (Å²) in [4.78, 5) is 25.9. The van der Waals surface area contributed by atoms with E-state index in [1.807, 2.05) is 0 Å². The van der Waals surface area contributed by atoms with Crippen LogP contribution in [0.3, 0.4) is 0 Å². The average Bonchev–Trinajstić information content (AvgIpc) is 2.74. The number of nitrogen functional groups attached to an aromatic ring is 1. The SMILES string of the molecule is CC(=O)Nc1ccc(-n2c(=O)[nH]c3cc(N)ccc32)cc1. The highest BCUT2D eigenvalue weighted by Gasteiger charge is 2.08. The number of hydrogen-bond acceptors (Lipinski definition) is 3. The lowest BCUT2D eigenvalue weighted by Crippen LogP contribution is -2.14. The molecule has 0 bridgehead atoms. The summed E-state index contributed by atoms with van der Waals surface area (Å²) in [6.45, 7) is 1.45. The van der Waals surface area contributed by atoms with E-state index in [1.165, 1.54) is 6.92 Å². The Morgan fingerprint density at radius 3 is 2.57 bits per heavy atom. The van der Waals surface area contributed by atoms with Crippen LogP contribution in [0.5, 0.6) is 0 Å². The van der Waals surface area contributed by atoms with Crippen molar-refractivity contribution in [1.29, 1.82) is 0 Å². The lowest BCUT2D eigenvalue weighted by Gasteiger charge is -2.06. The van der Waals surface area contributed by atoms with Gasteiger partial charge in [0, 0.05) is 18.3 Å². The van der Waals surface area contributed by atoms with Crippen LogP contribution in [-0.4, -0.2) is 15.5 Å². The van der Waals surface area contributed by atoms with E-state index in [-0.39, 0.29) is 11.6 Å². The number of nitrogens with one attached hydrogen (secondary N) is 2. The van der Waals surface area contributed by atoms with Crippen molar-refractivity contribution in [1.82, 2.24) is 9.55 Å². The van der Waals surface area contributed by atoms with Gasteiger partial charge >= 0.3 is 5.69 Å². The zero-order chi connectivity index (χ0) is 15.0. The molecule has 4 N–H and O–H groups in total. The van der Waals surface area contributed by atoms with Crippen molar-refractivity contribution in [2.45, 2.75) is 6.92 Å². The molecule has 1 heterocycles. The number of nitrogens with two attached hydrogens (primary N) is 1. The first-order chi connectivity index (χ1) is 10.0. The zero-order valence-corrected chi connectivity index (χ0v) is 11.4. The van der Waals surface area contributed by atoms with Crippen molar-refractivity contribution in [3.05, 3.63) is 52.9 Å². The topological polar surface area (TPSA) is 92.9 Å². The second-order valence-corrected chi connectivity index (χ2v) is 4.77. The molecule has 6 nitrogen and oxygen atoms in total. The van der Waals surface area contributed by atoms with Gasteiger partial charge in [-0.25, -0.2) is 4.79 Å². The Bertz CT molecular complexity index is 875. The third-order valence-electron chi connectivity index (χ3n) is 3.15. The van der Waals surface area contributed by atoms with Gasteiger partial charge in [-0.15, -0.1) is 0 Å². The molecule has 6 heteroatoms. The number of hydrogen-bond donors (Lipinski definition) is 3. The number of amides is 1. The largest absolute Gasteiger partial charge is 0.399 e. The summed E-state index contributed by atoms with van der Waals surface area (Å²) in [7, 11) is 0. The van der Waals surface area contributed by atoms with Gasteiger partial charge in [0.15, 0.2) is 0 Å². The highest BCUT2D eigenvalue weighted by molar-refractivity contribution is 5.88. The van der Waals surface area contributed by atoms with Crippen molar-refractivity contribution in [2.24, 2.45) is 0 Å². The van der Waals surface area contributed by atoms with Gasteiger partial charge in [0.2, 0.25) is 5.91 Å². The van der Waals surface area contributed by atoms with Crippen LogP contribution < -0.4 is 16.7 Å². The number of carbonyl (C=O) groups is 1. The maximum Gasteiger partial charge on any atom is 0.331 e. The smallest absolute Gasteiger partial charge is 0.331 e. The Kier molecular flexibility index (Phi) is 2.98. The fourth-order valence-corrected chi connectivity index (χ4v) is 2.28. The molecule has 0 radical (unpaired) electrons. The number of rotatable bonds is 2. The van der Waals surface area contributed by atoms with Gasteiger partial charge in [-0.05, 0) is 42.5 Å². The second-order valence-electron chi connectivity index (χ2n) is 4.77. The van der Waals surface area contributed by atoms with Crippen LogP contribution in [-0.2, 0) is 4.79 Å². The third-order valence-corrected chi connectivity index (χ3v) is 3.15. The lowest BCUT2D eigenvalue weighted by molar-refractivity contribution is -0.114. The quantitative estimate of drug-likeness (QED) is 0.626. The van der Waals surface area contributed by atoms with Crippen molar-refractivity contribution < 1.29 is 4.79 Å². The average molecular weight is 282 g/mol. The molecule has 3 rings (SSSR count). The van der Waals surface area contributed by atoms with Crippen LogP contribution in [0.25, 0.3) is 16.7 Å². The van der Waals surface area contributed by atoms with Crippen molar-refractivity contribution in [3.63, 3.8) is 0 Å². The number of anilines is 2. The summed E-state index contributed by atoms with van der Waals surface area (Å²) < 4.78 is 1.56. The normalized spacial score (nSPS) is 10.7.